The van der Waals surface area contributed by atoms with E-state index in [1.807, 2.05) is 13.0 Å². The number of pyridine rings is 1. The summed E-state index contributed by atoms with van der Waals surface area (Å²) >= 11 is 0. The second-order valence-electron chi connectivity index (χ2n) is 5.77. The number of amides is 1. The largest absolute Gasteiger partial charge is 0.370 e. The van der Waals surface area contributed by atoms with Crippen LogP contribution in [0.2, 0.25) is 0 Å². The number of hydrogen-bond acceptors (Lipinski definition) is 3. The number of aryl methyl sites for hydroxylation is 1. The highest BCUT2D eigenvalue weighted by Gasteiger charge is 2.13. The average molecular weight is 303 g/mol. The predicted molar refractivity (Wildman–Crippen MR) is 88.7 cm³/mol. The Morgan fingerprint density at radius 1 is 1.36 bits per heavy atom. The van der Waals surface area contributed by atoms with Gasteiger partial charge < -0.3 is 16.4 Å². The van der Waals surface area contributed by atoms with Crippen LogP contribution in [0.5, 0.6) is 0 Å². The summed E-state index contributed by atoms with van der Waals surface area (Å²) in [6.45, 7) is 2.33. The van der Waals surface area contributed by atoms with E-state index in [1.54, 1.807) is 12.3 Å². The van der Waals surface area contributed by atoms with Crippen molar-refractivity contribution in [1.82, 2.24) is 10.3 Å². The molecule has 1 saturated carbocycles. The van der Waals surface area contributed by atoms with Gasteiger partial charge in [-0.25, -0.2) is 4.98 Å². The molecule has 22 heavy (non-hydrogen) atoms. The first-order chi connectivity index (χ1) is 10.6. The van der Waals surface area contributed by atoms with Gasteiger partial charge >= 0.3 is 0 Å². The number of aliphatic imine (C=N–C) groups is 1. The lowest BCUT2D eigenvalue weighted by Crippen LogP contribution is -2.41. The molecule has 1 fully saturated rings. The zero-order chi connectivity index (χ0) is 15.8. The predicted octanol–water partition coefficient (Wildman–Crippen LogP) is 1.96. The molecule has 1 amide bonds. The van der Waals surface area contributed by atoms with E-state index in [4.69, 9.17) is 5.73 Å². The molecule has 2 rings (SSSR count). The summed E-state index contributed by atoms with van der Waals surface area (Å²) in [6.07, 6.45) is 8.12. The molecule has 0 aliphatic heterocycles. The Morgan fingerprint density at radius 2 is 2.14 bits per heavy atom. The molecule has 1 aromatic rings. The van der Waals surface area contributed by atoms with Crippen LogP contribution in [0.15, 0.2) is 23.3 Å². The summed E-state index contributed by atoms with van der Waals surface area (Å²) in [7, 11) is 0. The minimum Gasteiger partial charge on any atom is -0.370 e. The van der Waals surface area contributed by atoms with Gasteiger partial charge in [0.05, 0.1) is 6.54 Å². The fraction of sp³-hybridized carbons (Fsp3) is 0.562. The quantitative estimate of drug-likeness (QED) is 0.572. The summed E-state index contributed by atoms with van der Waals surface area (Å²) in [4.78, 5) is 20.1. The first-order valence-corrected chi connectivity index (χ1v) is 7.92. The molecule has 6 nitrogen and oxygen atoms in total. The summed E-state index contributed by atoms with van der Waals surface area (Å²) in [5, 5.41) is 5.98. The van der Waals surface area contributed by atoms with Crippen molar-refractivity contribution in [2.24, 2.45) is 10.7 Å². The van der Waals surface area contributed by atoms with Gasteiger partial charge in [-0.05, 0) is 31.4 Å². The smallest absolute Gasteiger partial charge is 0.227 e. The first kappa shape index (κ1) is 16.3. The van der Waals surface area contributed by atoms with E-state index in [0.717, 1.165) is 18.4 Å². The van der Waals surface area contributed by atoms with Crippen LogP contribution in [0.1, 0.15) is 44.1 Å². The maximum atomic E-state index is 11.8. The molecule has 4 N–H and O–H groups in total. The maximum absolute atomic E-state index is 11.8. The molecule has 0 unspecified atom stereocenters. The number of guanidine groups is 1. The number of hydrogen-bond donors (Lipinski definition) is 3. The number of anilines is 1. The summed E-state index contributed by atoms with van der Waals surface area (Å²) < 4.78 is 0. The third kappa shape index (κ3) is 5.71. The molecule has 0 spiro atoms. The van der Waals surface area contributed by atoms with E-state index in [9.17, 15) is 4.79 Å². The molecule has 120 valence electrons. The fourth-order valence-corrected chi connectivity index (χ4v) is 2.53. The van der Waals surface area contributed by atoms with Crippen molar-refractivity contribution in [3.8, 4) is 0 Å². The van der Waals surface area contributed by atoms with E-state index < -0.39 is 0 Å². The molecule has 1 heterocycles. The van der Waals surface area contributed by atoms with Crippen LogP contribution < -0.4 is 16.4 Å². The van der Waals surface area contributed by atoms with Crippen LogP contribution in [0.3, 0.4) is 0 Å². The third-order valence-corrected chi connectivity index (χ3v) is 3.76. The molecule has 0 radical (unpaired) electrons. The summed E-state index contributed by atoms with van der Waals surface area (Å²) in [5.41, 5.74) is 6.91. The first-order valence-electron chi connectivity index (χ1n) is 7.92. The number of carbonyl (C=O) groups excluding carboxylic acids is 1. The van der Waals surface area contributed by atoms with Gasteiger partial charge in [0.2, 0.25) is 5.91 Å². The lowest BCUT2D eigenvalue weighted by atomic mass is 9.96. The van der Waals surface area contributed by atoms with E-state index in [0.29, 0.717) is 30.8 Å². The van der Waals surface area contributed by atoms with Crippen LogP contribution in [0, 0.1) is 6.92 Å². The minimum absolute atomic E-state index is 0.106. The maximum Gasteiger partial charge on any atom is 0.227 e. The summed E-state index contributed by atoms with van der Waals surface area (Å²) in [6, 6.07) is 4.13. The lowest BCUT2D eigenvalue weighted by molar-refractivity contribution is -0.116. The molecule has 0 saturated heterocycles. The Morgan fingerprint density at radius 3 is 2.82 bits per heavy atom. The Hall–Kier alpha value is -2.11. The van der Waals surface area contributed by atoms with Crippen molar-refractivity contribution < 1.29 is 4.79 Å². The Labute approximate surface area is 131 Å². The van der Waals surface area contributed by atoms with E-state index >= 15 is 0 Å². The van der Waals surface area contributed by atoms with Crippen LogP contribution in [-0.2, 0) is 4.79 Å². The Balaban J connectivity index is 1.68. The van der Waals surface area contributed by atoms with Gasteiger partial charge in [-0.15, -0.1) is 0 Å². The number of nitrogens with one attached hydrogen (secondary N) is 2. The number of nitrogens with two attached hydrogens (primary N) is 1. The van der Waals surface area contributed by atoms with Crippen molar-refractivity contribution in [2.45, 2.75) is 51.5 Å². The van der Waals surface area contributed by atoms with Gasteiger partial charge in [-0.2, -0.15) is 0 Å². The molecule has 1 aromatic heterocycles. The van der Waals surface area contributed by atoms with Gasteiger partial charge in [0, 0.05) is 18.7 Å². The van der Waals surface area contributed by atoms with Crippen molar-refractivity contribution in [3.05, 3.63) is 23.9 Å². The number of nitrogens with zero attached hydrogens (tertiary/aromatic N) is 2. The molecule has 0 bridgehead atoms. The number of carbonyl (C=O) groups is 1. The average Bonchev–Trinajstić information content (AvgIpc) is 2.50. The number of rotatable bonds is 5. The molecule has 1 aliphatic rings. The topological polar surface area (TPSA) is 92.4 Å². The zero-order valence-corrected chi connectivity index (χ0v) is 13.1. The highest BCUT2D eigenvalue weighted by Crippen LogP contribution is 2.16. The van der Waals surface area contributed by atoms with Crippen LogP contribution in [0.4, 0.5) is 5.82 Å². The van der Waals surface area contributed by atoms with E-state index in [-0.39, 0.29) is 5.91 Å². The Kier molecular flexibility index (Phi) is 6.18. The zero-order valence-electron chi connectivity index (χ0n) is 13.1. The van der Waals surface area contributed by atoms with E-state index in [1.165, 1.54) is 19.3 Å². The molecular formula is C16H25N5O. The van der Waals surface area contributed by atoms with Gasteiger partial charge in [-0.1, -0.05) is 25.3 Å². The molecule has 1 aliphatic carbocycles. The molecule has 0 aromatic carbocycles. The van der Waals surface area contributed by atoms with Crippen LogP contribution in [0.25, 0.3) is 0 Å². The van der Waals surface area contributed by atoms with Crippen molar-refractivity contribution in [3.63, 3.8) is 0 Å². The van der Waals surface area contributed by atoms with Crippen molar-refractivity contribution >= 4 is 17.7 Å². The number of aromatic nitrogens is 1. The van der Waals surface area contributed by atoms with Crippen molar-refractivity contribution in [2.75, 3.05) is 11.9 Å². The fourth-order valence-electron chi connectivity index (χ4n) is 2.53. The third-order valence-electron chi connectivity index (χ3n) is 3.76. The van der Waals surface area contributed by atoms with Crippen LogP contribution in [-0.4, -0.2) is 29.4 Å². The van der Waals surface area contributed by atoms with Gasteiger partial charge in [0.1, 0.15) is 5.82 Å². The standard InChI is InChI=1S/C16H25N5O/c1-12-7-8-14(19-11-12)21-15(22)9-10-18-16(17)20-13-5-3-2-4-6-13/h7-8,11,13H,2-6,9-10H2,1H3,(H3,17,18,20)(H,19,21,22). The minimum atomic E-state index is -0.106. The van der Waals surface area contributed by atoms with Crippen molar-refractivity contribution in [1.29, 1.82) is 0 Å². The highest BCUT2D eigenvalue weighted by atomic mass is 16.1. The Bertz CT molecular complexity index is 506. The van der Waals surface area contributed by atoms with E-state index in [2.05, 4.69) is 20.6 Å². The molecule has 6 heteroatoms. The normalized spacial score (nSPS) is 16.3. The second-order valence-corrected chi connectivity index (χ2v) is 5.77. The molecular weight excluding hydrogens is 278 g/mol. The second kappa shape index (κ2) is 8.36. The van der Waals surface area contributed by atoms with Gasteiger partial charge in [0.15, 0.2) is 5.96 Å². The lowest BCUT2D eigenvalue weighted by Gasteiger charge is -2.23. The monoisotopic (exact) mass is 303 g/mol. The van der Waals surface area contributed by atoms with Crippen LogP contribution >= 0.6 is 0 Å². The van der Waals surface area contributed by atoms with Gasteiger partial charge in [-0.3, -0.25) is 9.79 Å². The molecule has 0 atom stereocenters. The SMILES string of the molecule is Cc1ccc(NC(=O)CCN=C(N)NC2CCCCC2)nc1. The summed E-state index contributed by atoms with van der Waals surface area (Å²) in [5.74, 6) is 0.895. The van der Waals surface area contributed by atoms with Gasteiger partial charge in [0.25, 0.3) is 0 Å². The highest BCUT2D eigenvalue weighted by molar-refractivity contribution is 5.90.